The van der Waals surface area contributed by atoms with E-state index in [2.05, 4.69) is 16.0 Å². The van der Waals surface area contributed by atoms with Gasteiger partial charge in [-0.15, -0.1) is 12.4 Å². The van der Waals surface area contributed by atoms with Gasteiger partial charge in [0.15, 0.2) is 0 Å². The zero-order valence-corrected chi connectivity index (χ0v) is 13.8. The van der Waals surface area contributed by atoms with E-state index in [1.807, 2.05) is 32.0 Å². The SMILES string of the molecule is CC(C)C(=O)Nc1cccc(NC(=O)[C@H]2CCCCN2)c1.Cl. The van der Waals surface area contributed by atoms with E-state index < -0.39 is 0 Å². The summed E-state index contributed by atoms with van der Waals surface area (Å²) in [6, 6.07) is 7.12. The van der Waals surface area contributed by atoms with Crippen LogP contribution < -0.4 is 16.0 Å². The maximum absolute atomic E-state index is 12.1. The quantitative estimate of drug-likeness (QED) is 0.797. The number of hydrogen-bond donors (Lipinski definition) is 3. The van der Waals surface area contributed by atoms with Crippen LogP contribution in [-0.4, -0.2) is 24.4 Å². The minimum Gasteiger partial charge on any atom is -0.326 e. The molecule has 0 aromatic heterocycles. The van der Waals surface area contributed by atoms with Crippen LogP contribution in [0.2, 0.25) is 0 Å². The molecule has 1 aromatic rings. The molecule has 0 aliphatic carbocycles. The van der Waals surface area contributed by atoms with Crippen LogP contribution >= 0.6 is 12.4 Å². The Morgan fingerprint density at radius 2 is 1.86 bits per heavy atom. The summed E-state index contributed by atoms with van der Waals surface area (Å²) in [5.41, 5.74) is 1.40. The molecule has 6 heteroatoms. The van der Waals surface area contributed by atoms with Gasteiger partial charge in [-0.05, 0) is 37.6 Å². The number of amides is 2. The predicted molar refractivity (Wildman–Crippen MR) is 91.4 cm³/mol. The van der Waals surface area contributed by atoms with Gasteiger partial charge in [0.2, 0.25) is 11.8 Å². The van der Waals surface area contributed by atoms with Crippen molar-refractivity contribution >= 4 is 35.6 Å². The molecular formula is C16H24ClN3O2. The van der Waals surface area contributed by atoms with Gasteiger partial charge in [0, 0.05) is 17.3 Å². The van der Waals surface area contributed by atoms with Crippen molar-refractivity contribution in [2.75, 3.05) is 17.2 Å². The second-order valence-electron chi connectivity index (χ2n) is 5.72. The number of halogens is 1. The summed E-state index contributed by atoms with van der Waals surface area (Å²) in [4.78, 5) is 23.8. The molecule has 1 aliphatic heterocycles. The van der Waals surface area contributed by atoms with Crippen LogP contribution in [0.25, 0.3) is 0 Å². The summed E-state index contributed by atoms with van der Waals surface area (Å²) in [5.74, 6) is -0.121. The maximum Gasteiger partial charge on any atom is 0.241 e. The Kier molecular flexibility index (Phi) is 7.35. The number of hydrogen-bond acceptors (Lipinski definition) is 3. The molecule has 1 heterocycles. The number of carbonyl (C=O) groups is 2. The topological polar surface area (TPSA) is 70.2 Å². The Morgan fingerprint density at radius 3 is 2.45 bits per heavy atom. The third-order valence-electron chi connectivity index (χ3n) is 3.55. The smallest absolute Gasteiger partial charge is 0.241 e. The largest absolute Gasteiger partial charge is 0.326 e. The van der Waals surface area contributed by atoms with E-state index in [1.54, 1.807) is 6.07 Å². The van der Waals surface area contributed by atoms with E-state index in [-0.39, 0.29) is 36.2 Å². The molecule has 22 heavy (non-hydrogen) atoms. The summed E-state index contributed by atoms with van der Waals surface area (Å²) in [6.45, 7) is 4.58. The normalized spacial score (nSPS) is 17.5. The Balaban J connectivity index is 0.00000242. The zero-order valence-electron chi connectivity index (χ0n) is 13.0. The maximum atomic E-state index is 12.1. The van der Waals surface area contributed by atoms with Gasteiger partial charge in [-0.2, -0.15) is 0 Å². The molecule has 0 radical (unpaired) electrons. The van der Waals surface area contributed by atoms with Crippen LogP contribution in [0.15, 0.2) is 24.3 Å². The molecule has 0 saturated carbocycles. The minimum atomic E-state index is -0.118. The number of nitrogens with one attached hydrogen (secondary N) is 3. The van der Waals surface area contributed by atoms with E-state index in [4.69, 9.17) is 0 Å². The van der Waals surface area contributed by atoms with Crippen LogP contribution in [0.5, 0.6) is 0 Å². The van der Waals surface area contributed by atoms with Crippen molar-refractivity contribution in [3.8, 4) is 0 Å². The first-order chi connectivity index (χ1) is 10.1. The van der Waals surface area contributed by atoms with Gasteiger partial charge in [-0.1, -0.05) is 26.3 Å². The molecule has 2 amide bonds. The lowest BCUT2D eigenvalue weighted by molar-refractivity contribution is -0.119. The number of piperidine rings is 1. The lowest BCUT2D eigenvalue weighted by Gasteiger charge is -2.22. The fourth-order valence-corrected chi connectivity index (χ4v) is 2.27. The highest BCUT2D eigenvalue weighted by Gasteiger charge is 2.20. The lowest BCUT2D eigenvalue weighted by Crippen LogP contribution is -2.43. The monoisotopic (exact) mass is 325 g/mol. The number of carbonyl (C=O) groups excluding carboxylic acids is 2. The van der Waals surface area contributed by atoms with Crippen molar-refractivity contribution in [1.29, 1.82) is 0 Å². The van der Waals surface area contributed by atoms with Crippen molar-refractivity contribution in [3.05, 3.63) is 24.3 Å². The highest BCUT2D eigenvalue weighted by molar-refractivity contribution is 5.96. The molecule has 0 spiro atoms. The molecule has 1 fully saturated rings. The van der Waals surface area contributed by atoms with E-state index in [0.717, 1.165) is 25.8 Å². The highest BCUT2D eigenvalue weighted by Crippen LogP contribution is 2.17. The van der Waals surface area contributed by atoms with Crippen LogP contribution in [0.1, 0.15) is 33.1 Å². The van der Waals surface area contributed by atoms with E-state index in [9.17, 15) is 9.59 Å². The van der Waals surface area contributed by atoms with E-state index in [1.165, 1.54) is 0 Å². The fraction of sp³-hybridized carbons (Fsp3) is 0.500. The Hall–Kier alpha value is -1.59. The van der Waals surface area contributed by atoms with Crippen molar-refractivity contribution < 1.29 is 9.59 Å². The van der Waals surface area contributed by atoms with Crippen molar-refractivity contribution in [2.45, 2.75) is 39.2 Å². The first-order valence-corrected chi connectivity index (χ1v) is 7.51. The van der Waals surface area contributed by atoms with Crippen molar-refractivity contribution in [1.82, 2.24) is 5.32 Å². The van der Waals surface area contributed by atoms with Gasteiger partial charge in [0.1, 0.15) is 0 Å². The Labute approximate surface area is 137 Å². The standard InChI is InChI=1S/C16H23N3O2.ClH/c1-11(2)15(20)18-12-6-5-7-13(10-12)19-16(21)14-8-3-4-9-17-14;/h5-7,10-11,14,17H,3-4,8-9H2,1-2H3,(H,18,20)(H,19,21);1H/t14-;/m1./s1. The molecule has 0 bridgehead atoms. The second-order valence-corrected chi connectivity index (χ2v) is 5.72. The third-order valence-corrected chi connectivity index (χ3v) is 3.55. The summed E-state index contributed by atoms with van der Waals surface area (Å²) in [7, 11) is 0. The first kappa shape index (κ1) is 18.5. The van der Waals surface area contributed by atoms with Gasteiger partial charge >= 0.3 is 0 Å². The minimum absolute atomic E-state index is 0. The predicted octanol–water partition coefficient (Wildman–Crippen LogP) is 2.78. The molecule has 0 unspecified atom stereocenters. The van der Waals surface area contributed by atoms with Gasteiger partial charge in [0.05, 0.1) is 6.04 Å². The number of rotatable bonds is 4. The Morgan fingerprint density at radius 1 is 1.18 bits per heavy atom. The van der Waals surface area contributed by atoms with Gasteiger partial charge in [-0.25, -0.2) is 0 Å². The van der Waals surface area contributed by atoms with Crippen molar-refractivity contribution in [2.24, 2.45) is 5.92 Å². The van der Waals surface area contributed by atoms with E-state index in [0.29, 0.717) is 11.4 Å². The van der Waals surface area contributed by atoms with Crippen molar-refractivity contribution in [3.63, 3.8) is 0 Å². The molecule has 2 rings (SSSR count). The van der Waals surface area contributed by atoms with Crippen LogP contribution in [0, 0.1) is 5.92 Å². The molecule has 5 nitrogen and oxygen atoms in total. The van der Waals surface area contributed by atoms with Gasteiger partial charge in [-0.3, -0.25) is 9.59 Å². The molecule has 1 aliphatic rings. The molecule has 1 saturated heterocycles. The van der Waals surface area contributed by atoms with Gasteiger partial charge < -0.3 is 16.0 Å². The highest BCUT2D eigenvalue weighted by atomic mass is 35.5. The average molecular weight is 326 g/mol. The molecule has 1 aromatic carbocycles. The van der Waals surface area contributed by atoms with Crippen LogP contribution in [0.3, 0.4) is 0 Å². The third kappa shape index (κ3) is 5.31. The lowest BCUT2D eigenvalue weighted by atomic mass is 10.0. The van der Waals surface area contributed by atoms with E-state index >= 15 is 0 Å². The van der Waals surface area contributed by atoms with Gasteiger partial charge in [0.25, 0.3) is 0 Å². The van der Waals surface area contributed by atoms with Crippen LogP contribution in [0.4, 0.5) is 11.4 Å². The molecule has 122 valence electrons. The average Bonchev–Trinajstić information content (AvgIpc) is 2.48. The number of anilines is 2. The Bertz CT molecular complexity index is 514. The molecular weight excluding hydrogens is 302 g/mol. The zero-order chi connectivity index (χ0) is 15.2. The second kappa shape index (κ2) is 8.76. The first-order valence-electron chi connectivity index (χ1n) is 7.51. The number of benzene rings is 1. The summed E-state index contributed by atoms with van der Waals surface area (Å²) in [6.07, 6.45) is 3.08. The summed E-state index contributed by atoms with van der Waals surface area (Å²) in [5, 5.41) is 8.95. The fourth-order valence-electron chi connectivity index (χ4n) is 2.27. The summed E-state index contributed by atoms with van der Waals surface area (Å²) < 4.78 is 0. The van der Waals surface area contributed by atoms with Crippen LogP contribution in [-0.2, 0) is 9.59 Å². The molecule has 1 atom stereocenters. The summed E-state index contributed by atoms with van der Waals surface area (Å²) >= 11 is 0. The molecule has 3 N–H and O–H groups in total.